The molecule has 2 aromatic rings. The summed E-state index contributed by atoms with van der Waals surface area (Å²) in [6.07, 6.45) is 0. The van der Waals surface area contributed by atoms with E-state index in [1.165, 1.54) is 0 Å². The van der Waals surface area contributed by atoms with Gasteiger partial charge in [-0.1, -0.05) is 23.2 Å². The van der Waals surface area contributed by atoms with Crippen LogP contribution in [0.1, 0.15) is 11.3 Å². The molecule has 2 rings (SSSR count). The molecule has 0 aliphatic rings. The Labute approximate surface area is 115 Å². The van der Waals surface area contributed by atoms with Crippen molar-refractivity contribution in [2.24, 2.45) is 7.05 Å². The molecule has 2 heterocycles. The van der Waals surface area contributed by atoms with Gasteiger partial charge < -0.3 is 4.74 Å². The topological polar surface area (TPSA) is 52.8 Å². The SMILES string of the molecule is COc1c(-c2nc(Cl)c(C)c(Cl)n2)c(C)nn1C. The van der Waals surface area contributed by atoms with Crippen LogP contribution in [-0.4, -0.2) is 26.9 Å². The highest BCUT2D eigenvalue weighted by atomic mass is 35.5. The Morgan fingerprint density at radius 3 is 2.17 bits per heavy atom. The van der Waals surface area contributed by atoms with Crippen LogP contribution in [0.4, 0.5) is 0 Å². The maximum atomic E-state index is 6.02. The summed E-state index contributed by atoms with van der Waals surface area (Å²) in [4.78, 5) is 8.45. The first-order valence-electron chi connectivity index (χ1n) is 5.23. The van der Waals surface area contributed by atoms with Crippen LogP contribution in [0.3, 0.4) is 0 Å². The van der Waals surface area contributed by atoms with E-state index in [1.807, 2.05) is 6.92 Å². The van der Waals surface area contributed by atoms with Gasteiger partial charge in [0.15, 0.2) is 5.82 Å². The second-order valence-corrected chi connectivity index (χ2v) is 4.56. The van der Waals surface area contributed by atoms with Crippen LogP contribution < -0.4 is 4.74 Å². The number of rotatable bonds is 2. The molecule has 96 valence electrons. The van der Waals surface area contributed by atoms with Crippen molar-refractivity contribution in [2.45, 2.75) is 13.8 Å². The van der Waals surface area contributed by atoms with E-state index in [9.17, 15) is 0 Å². The van der Waals surface area contributed by atoms with Gasteiger partial charge >= 0.3 is 0 Å². The van der Waals surface area contributed by atoms with Crippen LogP contribution >= 0.6 is 23.2 Å². The minimum atomic E-state index is 0.329. The Morgan fingerprint density at radius 2 is 1.67 bits per heavy atom. The van der Waals surface area contributed by atoms with E-state index in [0.29, 0.717) is 33.1 Å². The standard InChI is InChI=1S/C11H12Cl2N4O/c1-5-8(12)14-10(15-9(5)13)7-6(2)16-17(3)11(7)18-4/h1-4H3. The molecule has 0 radical (unpaired) electrons. The summed E-state index contributed by atoms with van der Waals surface area (Å²) in [6.45, 7) is 3.62. The lowest BCUT2D eigenvalue weighted by Crippen LogP contribution is -1.98. The molecule has 0 aromatic carbocycles. The fourth-order valence-electron chi connectivity index (χ4n) is 1.70. The number of aryl methyl sites for hydroxylation is 2. The molecular weight excluding hydrogens is 275 g/mol. The zero-order chi connectivity index (χ0) is 13.4. The first kappa shape index (κ1) is 13.1. The second kappa shape index (κ2) is 4.74. The highest BCUT2D eigenvalue weighted by molar-refractivity contribution is 6.34. The van der Waals surface area contributed by atoms with Crippen LogP contribution in [0, 0.1) is 13.8 Å². The van der Waals surface area contributed by atoms with Gasteiger partial charge in [0.2, 0.25) is 5.88 Å². The van der Waals surface area contributed by atoms with E-state index in [4.69, 9.17) is 27.9 Å². The number of aromatic nitrogens is 4. The molecule has 0 bridgehead atoms. The molecule has 0 unspecified atom stereocenters. The van der Waals surface area contributed by atoms with Crippen molar-refractivity contribution in [3.05, 3.63) is 21.6 Å². The molecule has 0 amide bonds. The van der Waals surface area contributed by atoms with E-state index in [1.54, 1.807) is 25.8 Å². The summed E-state index contributed by atoms with van der Waals surface area (Å²) >= 11 is 12.0. The van der Waals surface area contributed by atoms with Gasteiger partial charge in [0.1, 0.15) is 15.9 Å². The fraction of sp³-hybridized carbons (Fsp3) is 0.364. The fourth-order valence-corrected chi connectivity index (χ4v) is 2.09. The Balaban J connectivity index is 2.69. The van der Waals surface area contributed by atoms with Crippen LogP contribution in [-0.2, 0) is 7.05 Å². The number of halogens is 2. The predicted molar refractivity (Wildman–Crippen MR) is 70.3 cm³/mol. The van der Waals surface area contributed by atoms with E-state index >= 15 is 0 Å². The lowest BCUT2D eigenvalue weighted by Gasteiger charge is -2.06. The van der Waals surface area contributed by atoms with Crippen LogP contribution in [0.2, 0.25) is 10.3 Å². The molecule has 7 heteroatoms. The lowest BCUT2D eigenvalue weighted by atomic mass is 10.2. The Kier molecular flexibility index (Phi) is 3.45. The highest BCUT2D eigenvalue weighted by Gasteiger charge is 2.20. The maximum absolute atomic E-state index is 6.02. The minimum absolute atomic E-state index is 0.329. The average Bonchev–Trinajstić information content (AvgIpc) is 2.59. The van der Waals surface area contributed by atoms with Gasteiger partial charge in [0.05, 0.1) is 12.8 Å². The van der Waals surface area contributed by atoms with Gasteiger partial charge in [0, 0.05) is 12.6 Å². The molecule has 0 saturated carbocycles. The Bertz CT molecular complexity index is 586. The van der Waals surface area contributed by atoms with Crippen molar-refractivity contribution in [3.8, 4) is 17.3 Å². The van der Waals surface area contributed by atoms with Gasteiger partial charge in [-0.25, -0.2) is 14.6 Å². The lowest BCUT2D eigenvalue weighted by molar-refractivity contribution is 0.374. The van der Waals surface area contributed by atoms with E-state index in [-0.39, 0.29) is 0 Å². The number of nitrogens with zero attached hydrogens (tertiary/aromatic N) is 4. The quantitative estimate of drug-likeness (QED) is 0.797. The first-order chi connectivity index (χ1) is 8.45. The molecule has 0 aliphatic heterocycles. The van der Waals surface area contributed by atoms with Gasteiger partial charge in [-0.2, -0.15) is 5.10 Å². The summed E-state index contributed by atoms with van der Waals surface area (Å²) < 4.78 is 6.92. The molecule has 0 atom stereocenters. The first-order valence-corrected chi connectivity index (χ1v) is 5.99. The van der Waals surface area contributed by atoms with Crippen molar-refractivity contribution in [1.29, 1.82) is 0 Å². The number of hydrogen-bond acceptors (Lipinski definition) is 4. The minimum Gasteiger partial charge on any atom is -0.481 e. The van der Waals surface area contributed by atoms with Gasteiger partial charge in [-0.3, -0.25) is 0 Å². The summed E-state index contributed by atoms with van der Waals surface area (Å²) in [6, 6.07) is 0. The van der Waals surface area contributed by atoms with E-state index in [0.717, 1.165) is 5.69 Å². The number of ether oxygens (including phenoxy) is 1. The monoisotopic (exact) mass is 286 g/mol. The molecule has 0 fully saturated rings. The third kappa shape index (κ3) is 2.04. The number of hydrogen-bond donors (Lipinski definition) is 0. The largest absolute Gasteiger partial charge is 0.481 e. The molecule has 0 aliphatic carbocycles. The van der Waals surface area contributed by atoms with Crippen molar-refractivity contribution < 1.29 is 4.74 Å². The van der Waals surface area contributed by atoms with E-state index < -0.39 is 0 Å². The van der Waals surface area contributed by atoms with Crippen LogP contribution in [0.5, 0.6) is 5.88 Å². The van der Waals surface area contributed by atoms with E-state index in [2.05, 4.69) is 15.1 Å². The Morgan fingerprint density at radius 1 is 1.11 bits per heavy atom. The summed E-state index contributed by atoms with van der Waals surface area (Å²) in [5.74, 6) is 0.988. The molecular formula is C11H12Cl2N4O. The highest BCUT2D eigenvalue weighted by Crippen LogP contribution is 2.32. The predicted octanol–water partition coefficient (Wildman–Crippen LogP) is 2.81. The molecule has 18 heavy (non-hydrogen) atoms. The zero-order valence-electron chi connectivity index (χ0n) is 10.5. The molecule has 2 aromatic heterocycles. The van der Waals surface area contributed by atoms with Crippen LogP contribution in [0.25, 0.3) is 11.4 Å². The third-order valence-corrected chi connectivity index (χ3v) is 3.35. The molecule has 0 spiro atoms. The zero-order valence-corrected chi connectivity index (χ0v) is 12.0. The Hall–Kier alpha value is -1.33. The summed E-state index contributed by atoms with van der Waals surface area (Å²) in [7, 11) is 3.35. The molecule has 0 saturated heterocycles. The third-order valence-electron chi connectivity index (χ3n) is 2.61. The average molecular weight is 287 g/mol. The van der Waals surface area contributed by atoms with Gasteiger partial charge in [-0.05, 0) is 13.8 Å². The second-order valence-electron chi connectivity index (χ2n) is 3.85. The van der Waals surface area contributed by atoms with Crippen molar-refractivity contribution >= 4 is 23.2 Å². The van der Waals surface area contributed by atoms with Gasteiger partial charge in [-0.15, -0.1) is 0 Å². The summed E-state index contributed by atoms with van der Waals surface area (Å²) in [5.41, 5.74) is 2.11. The van der Waals surface area contributed by atoms with Crippen LogP contribution in [0.15, 0.2) is 0 Å². The normalized spacial score (nSPS) is 10.8. The molecule has 0 N–H and O–H groups in total. The van der Waals surface area contributed by atoms with Crippen molar-refractivity contribution in [2.75, 3.05) is 7.11 Å². The van der Waals surface area contributed by atoms with Crippen molar-refractivity contribution in [1.82, 2.24) is 19.7 Å². The molecule has 5 nitrogen and oxygen atoms in total. The maximum Gasteiger partial charge on any atom is 0.222 e. The van der Waals surface area contributed by atoms with Crippen molar-refractivity contribution in [3.63, 3.8) is 0 Å². The van der Waals surface area contributed by atoms with Gasteiger partial charge in [0.25, 0.3) is 0 Å². The number of methoxy groups -OCH3 is 1. The summed E-state index contributed by atoms with van der Waals surface area (Å²) in [5, 5.41) is 4.92. The smallest absolute Gasteiger partial charge is 0.222 e.